The number of nitrogens with zero attached hydrogens (tertiary/aromatic N) is 3. The molecule has 1 fully saturated rings. The highest BCUT2D eigenvalue weighted by atomic mass is 32.2. The fourth-order valence-electron chi connectivity index (χ4n) is 2.65. The molecule has 0 unspecified atom stereocenters. The standard InChI is InChI=1S/C17H20N4O4S2/c1-17(10-18,11-4-5-11)20-15(22)9-26-16-19-13-8-12(6-7-14(13)25-16)27(23,24)21(2)3/h6-8,11H,4-5,9H2,1-3H3,(H,20,22)/t17-/m0/s1. The van der Waals surface area contributed by atoms with E-state index in [1.165, 1.54) is 26.2 Å². The van der Waals surface area contributed by atoms with Gasteiger partial charge < -0.3 is 9.73 Å². The number of nitriles is 1. The summed E-state index contributed by atoms with van der Waals surface area (Å²) in [5.74, 6) is -0.00781. The van der Waals surface area contributed by atoms with Crippen molar-refractivity contribution in [3.8, 4) is 6.07 Å². The number of fused-ring (bicyclic) bond motifs is 1. The number of rotatable bonds is 7. The van der Waals surface area contributed by atoms with Crippen LogP contribution in [0.15, 0.2) is 32.7 Å². The number of carbonyl (C=O) groups excluding carboxylic acids is 1. The Morgan fingerprint density at radius 1 is 1.48 bits per heavy atom. The molecule has 0 bridgehead atoms. The van der Waals surface area contributed by atoms with Gasteiger partial charge in [-0.3, -0.25) is 4.79 Å². The number of oxazole rings is 1. The van der Waals surface area contributed by atoms with Gasteiger partial charge in [0.2, 0.25) is 15.9 Å². The van der Waals surface area contributed by atoms with Crippen LogP contribution >= 0.6 is 11.8 Å². The average Bonchev–Trinajstić information content (AvgIpc) is 3.39. The van der Waals surface area contributed by atoms with Crippen LogP contribution in [0.3, 0.4) is 0 Å². The molecule has 0 saturated heterocycles. The van der Waals surface area contributed by atoms with E-state index in [4.69, 9.17) is 4.42 Å². The molecule has 0 aliphatic heterocycles. The average molecular weight is 409 g/mol. The number of sulfonamides is 1. The van der Waals surface area contributed by atoms with Gasteiger partial charge in [0.15, 0.2) is 5.58 Å². The summed E-state index contributed by atoms with van der Waals surface area (Å²) in [6.07, 6.45) is 1.89. The zero-order valence-corrected chi connectivity index (χ0v) is 16.9. The van der Waals surface area contributed by atoms with Crippen molar-refractivity contribution in [2.24, 2.45) is 5.92 Å². The van der Waals surface area contributed by atoms with Gasteiger partial charge in [-0.25, -0.2) is 17.7 Å². The molecule has 0 spiro atoms. The molecule has 1 aromatic heterocycles. The highest BCUT2D eigenvalue weighted by Gasteiger charge is 2.42. The molecule has 0 radical (unpaired) electrons. The molecule has 144 valence electrons. The maximum atomic E-state index is 12.2. The lowest BCUT2D eigenvalue weighted by Crippen LogP contribution is -2.47. The van der Waals surface area contributed by atoms with E-state index in [0.29, 0.717) is 11.1 Å². The SMILES string of the molecule is CN(C)S(=O)(=O)c1ccc2oc(SCC(=O)N[C@@](C)(C#N)C3CC3)nc2c1. The molecule has 3 rings (SSSR count). The first kappa shape index (κ1) is 19.7. The van der Waals surface area contributed by atoms with Crippen molar-refractivity contribution in [3.63, 3.8) is 0 Å². The molecule has 1 aromatic carbocycles. The summed E-state index contributed by atoms with van der Waals surface area (Å²) in [5, 5.41) is 12.3. The Kier molecular flexibility index (Phi) is 5.20. The minimum atomic E-state index is -3.56. The maximum Gasteiger partial charge on any atom is 0.257 e. The molecule has 10 heteroatoms. The van der Waals surface area contributed by atoms with Crippen LogP contribution in [0.4, 0.5) is 0 Å². The Morgan fingerprint density at radius 3 is 2.78 bits per heavy atom. The van der Waals surface area contributed by atoms with Gasteiger partial charge in [0.25, 0.3) is 5.22 Å². The minimum absolute atomic E-state index is 0.0552. The number of benzene rings is 1. The number of thioether (sulfide) groups is 1. The second kappa shape index (κ2) is 7.14. The third-order valence-electron chi connectivity index (χ3n) is 4.47. The lowest BCUT2D eigenvalue weighted by Gasteiger charge is -2.22. The number of hydrogen-bond acceptors (Lipinski definition) is 7. The predicted molar refractivity (Wildman–Crippen MR) is 100 cm³/mol. The molecule has 1 saturated carbocycles. The summed E-state index contributed by atoms with van der Waals surface area (Å²) < 4.78 is 31.1. The van der Waals surface area contributed by atoms with Gasteiger partial charge in [0.05, 0.1) is 16.7 Å². The fourth-order valence-corrected chi connectivity index (χ4v) is 4.21. The van der Waals surface area contributed by atoms with Crippen molar-refractivity contribution in [3.05, 3.63) is 18.2 Å². The molecule has 1 atom stereocenters. The van der Waals surface area contributed by atoms with Crippen LogP contribution in [0.5, 0.6) is 0 Å². The van der Waals surface area contributed by atoms with Crippen LogP contribution < -0.4 is 5.32 Å². The van der Waals surface area contributed by atoms with E-state index in [0.717, 1.165) is 28.9 Å². The summed E-state index contributed by atoms with van der Waals surface area (Å²) in [6.45, 7) is 1.74. The number of amides is 1. The summed E-state index contributed by atoms with van der Waals surface area (Å²) in [5.41, 5.74) is 0.00474. The smallest absolute Gasteiger partial charge is 0.257 e. The first-order valence-corrected chi connectivity index (χ1v) is 10.8. The van der Waals surface area contributed by atoms with Crippen LogP contribution in [0.25, 0.3) is 11.1 Å². The number of hydrogen-bond donors (Lipinski definition) is 1. The molecule has 1 aliphatic rings. The molecular weight excluding hydrogens is 388 g/mol. The van der Waals surface area contributed by atoms with E-state index in [2.05, 4.69) is 16.4 Å². The van der Waals surface area contributed by atoms with Crippen molar-refractivity contribution in [2.75, 3.05) is 19.8 Å². The van der Waals surface area contributed by atoms with Crippen molar-refractivity contribution < 1.29 is 17.6 Å². The molecule has 8 nitrogen and oxygen atoms in total. The lowest BCUT2D eigenvalue weighted by atomic mass is 9.98. The second-order valence-corrected chi connectivity index (χ2v) is 9.90. The summed E-state index contributed by atoms with van der Waals surface area (Å²) in [6, 6.07) is 6.62. The largest absolute Gasteiger partial charge is 0.431 e. The van der Waals surface area contributed by atoms with Crippen LogP contribution in [0.1, 0.15) is 19.8 Å². The predicted octanol–water partition coefficient (Wildman–Crippen LogP) is 1.98. The second-order valence-electron chi connectivity index (χ2n) is 6.82. The van der Waals surface area contributed by atoms with Gasteiger partial charge in [-0.1, -0.05) is 11.8 Å². The number of aromatic nitrogens is 1. The van der Waals surface area contributed by atoms with Crippen LogP contribution in [0.2, 0.25) is 0 Å². The van der Waals surface area contributed by atoms with E-state index < -0.39 is 15.6 Å². The van der Waals surface area contributed by atoms with Gasteiger partial charge in [0.1, 0.15) is 11.1 Å². The highest BCUT2D eigenvalue weighted by Crippen LogP contribution is 2.39. The Balaban J connectivity index is 1.69. The lowest BCUT2D eigenvalue weighted by molar-refractivity contribution is -0.119. The van der Waals surface area contributed by atoms with Crippen LogP contribution in [-0.4, -0.2) is 49.0 Å². The van der Waals surface area contributed by atoms with Gasteiger partial charge >= 0.3 is 0 Å². The number of nitrogens with one attached hydrogen (secondary N) is 1. The van der Waals surface area contributed by atoms with Crippen LogP contribution in [-0.2, 0) is 14.8 Å². The third-order valence-corrected chi connectivity index (χ3v) is 7.11. The van der Waals surface area contributed by atoms with Crippen LogP contribution in [0, 0.1) is 17.2 Å². The summed E-state index contributed by atoms with van der Waals surface area (Å²) in [4.78, 5) is 16.5. The van der Waals surface area contributed by atoms with Crippen molar-refractivity contribution in [1.29, 1.82) is 5.26 Å². The number of carbonyl (C=O) groups is 1. The van der Waals surface area contributed by atoms with E-state index in [9.17, 15) is 18.5 Å². The molecule has 1 N–H and O–H groups in total. The molecule has 27 heavy (non-hydrogen) atoms. The van der Waals surface area contributed by atoms with Crippen molar-refractivity contribution in [1.82, 2.24) is 14.6 Å². The molecule has 2 aromatic rings. The van der Waals surface area contributed by atoms with Gasteiger partial charge in [0, 0.05) is 14.1 Å². The Morgan fingerprint density at radius 2 is 2.19 bits per heavy atom. The molecule has 1 heterocycles. The minimum Gasteiger partial charge on any atom is -0.431 e. The normalized spacial score (nSPS) is 16.9. The zero-order valence-electron chi connectivity index (χ0n) is 15.2. The third kappa shape index (κ3) is 4.10. The first-order valence-electron chi connectivity index (χ1n) is 8.34. The summed E-state index contributed by atoms with van der Waals surface area (Å²) in [7, 11) is -0.646. The molecular formula is C17H20N4O4S2. The Bertz CT molecular complexity index is 1020. The van der Waals surface area contributed by atoms with Gasteiger partial charge in [-0.05, 0) is 43.9 Å². The van der Waals surface area contributed by atoms with E-state index in [1.54, 1.807) is 13.0 Å². The fraction of sp³-hybridized carbons (Fsp3) is 0.471. The monoisotopic (exact) mass is 408 g/mol. The summed E-state index contributed by atoms with van der Waals surface area (Å²) >= 11 is 1.10. The van der Waals surface area contributed by atoms with Crippen molar-refractivity contribution in [2.45, 2.75) is 35.4 Å². The Labute approximate surface area is 162 Å². The van der Waals surface area contributed by atoms with E-state index in [1.807, 2.05) is 0 Å². The van der Waals surface area contributed by atoms with E-state index >= 15 is 0 Å². The van der Waals surface area contributed by atoms with Gasteiger partial charge in [-0.2, -0.15) is 5.26 Å². The van der Waals surface area contributed by atoms with E-state index in [-0.39, 0.29) is 27.7 Å². The molecule has 1 aliphatic carbocycles. The van der Waals surface area contributed by atoms with Crippen molar-refractivity contribution >= 4 is 38.8 Å². The zero-order chi connectivity index (χ0) is 19.8. The topological polar surface area (TPSA) is 116 Å². The highest BCUT2D eigenvalue weighted by molar-refractivity contribution is 7.99. The quantitative estimate of drug-likeness (QED) is 0.696. The Hall–Kier alpha value is -2.09. The van der Waals surface area contributed by atoms with Gasteiger partial charge in [-0.15, -0.1) is 0 Å². The first-order chi connectivity index (χ1) is 12.7. The molecule has 1 amide bonds. The maximum absolute atomic E-state index is 12.2.